The van der Waals surface area contributed by atoms with E-state index in [1.807, 2.05) is 6.08 Å². The fourth-order valence-electron chi connectivity index (χ4n) is 9.04. The average Bonchev–Trinajstić information content (AvgIpc) is 3.22. The van der Waals surface area contributed by atoms with E-state index in [1.54, 1.807) is 4.90 Å². The highest BCUT2D eigenvalue weighted by Gasteiger charge is 2.59. The van der Waals surface area contributed by atoms with Gasteiger partial charge in [0.2, 0.25) is 0 Å². The van der Waals surface area contributed by atoms with Crippen LogP contribution in [0.5, 0.6) is 0 Å². The Hall–Kier alpha value is -1.77. The molecule has 224 valence electrons. The maximum absolute atomic E-state index is 13.1. The maximum atomic E-state index is 13.1. The summed E-state index contributed by atoms with van der Waals surface area (Å²) in [6.07, 6.45) is 10.4. The number of ketones is 1. The van der Waals surface area contributed by atoms with E-state index < -0.39 is 0 Å². The number of hydrogen-bond donors (Lipinski definition) is 1. The number of oxime groups is 1. The van der Waals surface area contributed by atoms with Gasteiger partial charge in [0.25, 0.3) is 0 Å². The number of fused-ring (bicyclic) bond motifs is 5. The van der Waals surface area contributed by atoms with Crippen LogP contribution in [-0.2, 0) is 14.4 Å². The zero-order chi connectivity index (χ0) is 28.7. The van der Waals surface area contributed by atoms with Crippen molar-refractivity contribution in [3.63, 3.8) is 0 Å². The van der Waals surface area contributed by atoms with Crippen LogP contribution < -0.4 is 5.32 Å². The number of quaternary nitrogens is 1. The number of ether oxygens (including phenoxy) is 1. The molecule has 0 unspecified atom stereocenters. The van der Waals surface area contributed by atoms with Gasteiger partial charge in [0.15, 0.2) is 5.78 Å². The number of likely N-dealkylation sites (N-methyl/N-ethyl adjacent to an activating group) is 1. The van der Waals surface area contributed by atoms with Crippen LogP contribution in [0.3, 0.4) is 0 Å². The molecule has 1 N–H and O–H groups in total. The summed E-state index contributed by atoms with van der Waals surface area (Å²) >= 11 is 0. The lowest BCUT2D eigenvalue weighted by Gasteiger charge is -2.58. The fourth-order valence-corrected chi connectivity index (χ4v) is 9.04. The first-order valence-electron chi connectivity index (χ1n) is 15.8. The lowest BCUT2D eigenvalue weighted by Crippen LogP contribution is -2.53. The zero-order valence-electron chi connectivity index (χ0n) is 25.8. The van der Waals surface area contributed by atoms with Gasteiger partial charge in [-0.05, 0) is 86.5 Å². The Morgan fingerprint density at radius 3 is 2.58 bits per heavy atom. The summed E-state index contributed by atoms with van der Waals surface area (Å²) in [5.41, 5.74) is 2.79. The minimum Gasteiger partial charge on any atom is -0.377 e. The van der Waals surface area contributed by atoms with Crippen molar-refractivity contribution in [2.45, 2.75) is 78.2 Å². The molecule has 5 rings (SSSR count). The quantitative estimate of drug-likeness (QED) is 0.147. The summed E-state index contributed by atoms with van der Waals surface area (Å²) in [4.78, 5) is 32.7. The van der Waals surface area contributed by atoms with Crippen molar-refractivity contribution in [2.24, 2.45) is 39.7 Å². The molecule has 0 spiro atoms. The van der Waals surface area contributed by atoms with Gasteiger partial charge in [-0.1, -0.05) is 24.6 Å². The van der Waals surface area contributed by atoms with E-state index in [1.165, 1.54) is 31.3 Å². The molecule has 1 amide bonds. The topological polar surface area (TPSA) is 80.2 Å². The Bertz CT molecular complexity index is 1030. The second-order valence-corrected chi connectivity index (χ2v) is 14.9. The van der Waals surface area contributed by atoms with Crippen molar-refractivity contribution in [2.75, 3.05) is 60.5 Å². The number of nitrogens with zero attached hydrogens (tertiary/aromatic N) is 3. The van der Waals surface area contributed by atoms with Crippen LogP contribution in [0.15, 0.2) is 16.8 Å². The van der Waals surface area contributed by atoms with Gasteiger partial charge in [0, 0.05) is 32.0 Å². The third-order valence-electron chi connectivity index (χ3n) is 11.5. The van der Waals surface area contributed by atoms with Crippen LogP contribution >= 0.6 is 0 Å². The predicted molar refractivity (Wildman–Crippen MR) is 157 cm³/mol. The molecule has 40 heavy (non-hydrogen) atoms. The molecular weight excluding hydrogens is 504 g/mol. The SMILES string of the molecule is C/C(=N\OC(=O)N(CCNCC[N+](C)(C)C)C1COC1)[C@H]1CC[C@H]2[C@@H]3CCC4=CC(=O)CC[C@]4(C)[C@H]3CC[C@]12C. The highest BCUT2D eigenvalue weighted by atomic mass is 16.7. The molecule has 3 saturated carbocycles. The van der Waals surface area contributed by atoms with E-state index in [0.29, 0.717) is 55.6 Å². The largest absolute Gasteiger partial charge is 0.436 e. The number of carbonyl (C=O) groups is 2. The highest BCUT2D eigenvalue weighted by molar-refractivity contribution is 5.91. The molecule has 0 aromatic heterocycles. The Balaban J connectivity index is 1.20. The van der Waals surface area contributed by atoms with Crippen LogP contribution in [-0.4, -0.2) is 93.5 Å². The summed E-state index contributed by atoms with van der Waals surface area (Å²) < 4.78 is 6.28. The van der Waals surface area contributed by atoms with Crippen LogP contribution in [0, 0.1) is 34.5 Å². The monoisotopic (exact) mass is 557 g/mol. The molecular formula is C32H53N4O4+. The summed E-state index contributed by atoms with van der Waals surface area (Å²) in [7, 11) is 6.54. The summed E-state index contributed by atoms with van der Waals surface area (Å²) in [6.45, 7) is 11.4. The maximum Gasteiger partial charge on any atom is 0.436 e. The molecule has 8 nitrogen and oxygen atoms in total. The van der Waals surface area contributed by atoms with Gasteiger partial charge in [-0.25, -0.2) is 4.79 Å². The highest BCUT2D eigenvalue weighted by Crippen LogP contribution is 2.66. The lowest BCUT2D eigenvalue weighted by molar-refractivity contribution is -0.869. The van der Waals surface area contributed by atoms with Gasteiger partial charge in [-0.15, -0.1) is 0 Å². The van der Waals surface area contributed by atoms with Crippen molar-refractivity contribution in [1.29, 1.82) is 0 Å². The molecule has 0 aromatic rings. The minimum absolute atomic E-state index is 0.0635. The first-order chi connectivity index (χ1) is 18.9. The van der Waals surface area contributed by atoms with Crippen molar-refractivity contribution in [3.8, 4) is 0 Å². The molecule has 1 heterocycles. The normalized spacial score (nSPS) is 36.2. The summed E-state index contributed by atoms with van der Waals surface area (Å²) in [5.74, 6) is 2.75. The van der Waals surface area contributed by atoms with E-state index in [9.17, 15) is 9.59 Å². The Morgan fingerprint density at radius 2 is 1.88 bits per heavy atom. The number of nitrogens with one attached hydrogen (secondary N) is 1. The zero-order valence-corrected chi connectivity index (χ0v) is 25.8. The summed E-state index contributed by atoms with van der Waals surface area (Å²) in [6, 6.07) is 0.0635. The molecule has 1 saturated heterocycles. The van der Waals surface area contributed by atoms with Gasteiger partial charge >= 0.3 is 6.09 Å². The smallest absolute Gasteiger partial charge is 0.377 e. The Labute approximate surface area is 241 Å². The molecule has 0 aromatic carbocycles. The van der Waals surface area contributed by atoms with Gasteiger partial charge in [-0.3, -0.25) is 14.5 Å². The molecule has 8 heteroatoms. The van der Waals surface area contributed by atoms with Crippen LogP contribution in [0.1, 0.15) is 72.1 Å². The van der Waals surface area contributed by atoms with Crippen LogP contribution in [0.25, 0.3) is 0 Å². The van der Waals surface area contributed by atoms with E-state index in [0.717, 1.165) is 49.1 Å². The lowest BCUT2D eigenvalue weighted by atomic mass is 9.46. The molecule has 6 atom stereocenters. The van der Waals surface area contributed by atoms with Crippen molar-refractivity contribution in [3.05, 3.63) is 11.6 Å². The average molecular weight is 558 g/mol. The first kappa shape index (κ1) is 29.7. The van der Waals surface area contributed by atoms with Gasteiger partial charge < -0.3 is 14.5 Å². The second kappa shape index (κ2) is 11.5. The Morgan fingerprint density at radius 1 is 1.10 bits per heavy atom. The third-order valence-corrected chi connectivity index (χ3v) is 11.5. The van der Waals surface area contributed by atoms with E-state index in [-0.39, 0.29) is 23.0 Å². The number of allylic oxidation sites excluding steroid dienone is 1. The molecule has 0 bridgehead atoms. The van der Waals surface area contributed by atoms with Crippen molar-refractivity contribution in [1.82, 2.24) is 10.2 Å². The number of carbonyl (C=O) groups excluding carboxylic acids is 2. The first-order valence-corrected chi connectivity index (χ1v) is 15.8. The van der Waals surface area contributed by atoms with Gasteiger partial charge in [0.1, 0.15) is 0 Å². The molecule has 0 radical (unpaired) electrons. The number of hydrogen-bond acceptors (Lipinski definition) is 6. The number of amides is 1. The van der Waals surface area contributed by atoms with E-state index in [2.05, 4.69) is 52.4 Å². The third kappa shape index (κ3) is 5.78. The molecule has 1 aliphatic heterocycles. The molecule has 4 aliphatic carbocycles. The standard InChI is InChI=1S/C32H53N4O4/c1-22(34-40-30(38)35(24-20-39-21-24)17-15-33-16-18-36(4,5)6)27-9-10-28-26-8-7-23-19-25(37)11-13-31(23,2)29(26)12-14-32(27,28)3/h19,24,26-29,33H,7-18,20-21H2,1-6H3/q+1/b34-22+/t26-,27+,28-,29-,31-,32+/m0/s1. The number of rotatable bonds is 9. The van der Waals surface area contributed by atoms with Crippen LogP contribution in [0.2, 0.25) is 0 Å². The van der Waals surface area contributed by atoms with Crippen LogP contribution in [0.4, 0.5) is 4.79 Å². The minimum atomic E-state index is -0.365. The van der Waals surface area contributed by atoms with Crippen molar-refractivity contribution >= 4 is 17.6 Å². The predicted octanol–water partition coefficient (Wildman–Crippen LogP) is 4.64. The fraction of sp³-hybridized carbons (Fsp3) is 0.844. The second-order valence-electron chi connectivity index (χ2n) is 14.9. The van der Waals surface area contributed by atoms with E-state index >= 15 is 0 Å². The van der Waals surface area contributed by atoms with E-state index in [4.69, 9.17) is 9.57 Å². The molecule has 5 aliphatic rings. The van der Waals surface area contributed by atoms with Gasteiger partial charge in [-0.2, -0.15) is 0 Å². The Kier molecular flexibility index (Phi) is 8.53. The van der Waals surface area contributed by atoms with Crippen molar-refractivity contribution < 1.29 is 23.6 Å². The molecule has 4 fully saturated rings. The van der Waals surface area contributed by atoms with Gasteiger partial charge in [0.05, 0.1) is 52.7 Å². The summed E-state index contributed by atoms with van der Waals surface area (Å²) in [5, 5.41) is 7.95.